The van der Waals surface area contributed by atoms with Crippen molar-refractivity contribution in [2.45, 2.75) is 31.6 Å². The van der Waals surface area contributed by atoms with E-state index in [1.54, 1.807) is 29.2 Å². The maximum absolute atomic E-state index is 12.8. The number of nitrogens with zero attached hydrogens (tertiary/aromatic N) is 1. The van der Waals surface area contributed by atoms with Gasteiger partial charge in [-0.15, -0.1) is 0 Å². The molecule has 7 nitrogen and oxygen atoms in total. The van der Waals surface area contributed by atoms with Crippen molar-refractivity contribution < 1.29 is 22.7 Å². The van der Waals surface area contributed by atoms with Gasteiger partial charge in [0.2, 0.25) is 10.0 Å². The molecule has 3 rings (SSSR count). The number of carbonyl (C=O) groups excluding carboxylic acids is 1. The first-order chi connectivity index (χ1) is 14.3. The van der Waals surface area contributed by atoms with E-state index in [1.165, 1.54) is 7.11 Å². The zero-order valence-corrected chi connectivity index (χ0v) is 18.4. The van der Waals surface area contributed by atoms with Gasteiger partial charge in [0.1, 0.15) is 16.4 Å². The Morgan fingerprint density at radius 1 is 1.10 bits per heavy atom. The van der Waals surface area contributed by atoms with Crippen LogP contribution in [0.3, 0.4) is 0 Å². The van der Waals surface area contributed by atoms with Crippen LogP contribution in [0, 0.1) is 19.8 Å². The number of hydrogen-bond donors (Lipinski definition) is 1. The highest BCUT2D eigenvalue weighted by Crippen LogP contribution is 2.27. The van der Waals surface area contributed by atoms with Gasteiger partial charge >= 0.3 is 6.09 Å². The Morgan fingerprint density at radius 3 is 2.37 bits per heavy atom. The molecule has 0 atom stereocenters. The van der Waals surface area contributed by atoms with Crippen molar-refractivity contribution in [3.8, 4) is 11.5 Å². The Labute approximate surface area is 178 Å². The number of rotatable bonds is 6. The van der Waals surface area contributed by atoms with E-state index in [1.807, 2.05) is 32.0 Å². The number of carbonyl (C=O) groups is 1. The van der Waals surface area contributed by atoms with E-state index in [2.05, 4.69) is 4.72 Å². The van der Waals surface area contributed by atoms with Crippen molar-refractivity contribution in [2.24, 2.45) is 5.92 Å². The third kappa shape index (κ3) is 5.31. The van der Waals surface area contributed by atoms with Crippen LogP contribution in [0.1, 0.15) is 24.0 Å². The largest absolute Gasteiger partial charge is 0.495 e. The lowest BCUT2D eigenvalue weighted by Gasteiger charge is -2.31. The quantitative estimate of drug-likeness (QED) is 0.755. The monoisotopic (exact) mass is 432 g/mol. The number of ether oxygens (including phenoxy) is 2. The third-order valence-electron chi connectivity index (χ3n) is 5.45. The number of para-hydroxylation sites is 1. The lowest BCUT2D eigenvalue weighted by Crippen LogP contribution is -2.42. The summed E-state index contributed by atoms with van der Waals surface area (Å²) in [5, 5.41) is 0. The zero-order valence-electron chi connectivity index (χ0n) is 17.6. The second-order valence-corrected chi connectivity index (χ2v) is 9.29. The normalized spacial score (nSPS) is 15.1. The van der Waals surface area contributed by atoms with Gasteiger partial charge in [-0.2, -0.15) is 0 Å². The summed E-state index contributed by atoms with van der Waals surface area (Å²) in [6, 6.07) is 12.3. The SMILES string of the molecule is COc1cc(C)c(C)cc1S(=O)(=O)NCC1CCN(C(=O)Oc2ccccc2)CC1. The molecule has 0 saturated carbocycles. The summed E-state index contributed by atoms with van der Waals surface area (Å²) in [6.45, 7) is 5.17. The Balaban J connectivity index is 1.54. The van der Waals surface area contributed by atoms with Crippen LogP contribution in [0.25, 0.3) is 0 Å². The van der Waals surface area contributed by atoms with Gasteiger partial charge in [-0.25, -0.2) is 17.9 Å². The second kappa shape index (κ2) is 9.49. The first kappa shape index (κ1) is 22.1. The molecule has 2 aromatic carbocycles. The molecule has 1 amide bonds. The van der Waals surface area contributed by atoms with E-state index >= 15 is 0 Å². The molecule has 1 aliphatic heterocycles. The molecule has 0 spiro atoms. The first-order valence-electron chi connectivity index (χ1n) is 9.97. The fourth-order valence-electron chi connectivity index (χ4n) is 3.41. The Morgan fingerprint density at radius 2 is 1.73 bits per heavy atom. The van der Waals surface area contributed by atoms with Crippen LogP contribution in [-0.2, 0) is 10.0 Å². The first-order valence-corrected chi connectivity index (χ1v) is 11.4. The van der Waals surface area contributed by atoms with Crippen LogP contribution in [0.2, 0.25) is 0 Å². The number of sulfonamides is 1. The molecule has 1 N–H and O–H groups in total. The van der Waals surface area contributed by atoms with Crippen molar-refractivity contribution in [2.75, 3.05) is 26.7 Å². The Bertz CT molecular complexity index is 984. The standard InChI is InChI=1S/C22H28N2O5S/c1-16-13-20(28-3)21(14-17(16)2)30(26,27)23-15-18-9-11-24(12-10-18)22(25)29-19-7-5-4-6-8-19/h4-8,13-14,18,23H,9-12,15H2,1-3H3. The van der Waals surface area contributed by atoms with Crippen molar-refractivity contribution in [1.29, 1.82) is 0 Å². The molecule has 30 heavy (non-hydrogen) atoms. The fourth-order valence-corrected chi connectivity index (χ4v) is 4.76. The van der Waals surface area contributed by atoms with Gasteiger partial charge < -0.3 is 14.4 Å². The number of piperidine rings is 1. The lowest BCUT2D eigenvalue weighted by molar-refractivity contribution is 0.131. The smallest absolute Gasteiger partial charge is 0.415 e. The van der Waals surface area contributed by atoms with Crippen LogP contribution in [0.4, 0.5) is 4.79 Å². The molecule has 162 valence electrons. The summed E-state index contributed by atoms with van der Waals surface area (Å²) in [5.41, 5.74) is 1.86. The molecule has 1 heterocycles. The Hall–Kier alpha value is -2.58. The van der Waals surface area contributed by atoms with Gasteiger partial charge in [0.25, 0.3) is 0 Å². The van der Waals surface area contributed by atoms with E-state index in [-0.39, 0.29) is 16.9 Å². The minimum atomic E-state index is -3.69. The van der Waals surface area contributed by atoms with Crippen molar-refractivity contribution >= 4 is 16.1 Å². The summed E-state index contributed by atoms with van der Waals surface area (Å²) in [7, 11) is -2.23. The maximum Gasteiger partial charge on any atom is 0.415 e. The number of likely N-dealkylation sites (tertiary alicyclic amines) is 1. The summed E-state index contributed by atoms with van der Waals surface area (Å²) in [4.78, 5) is 14.1. The molecular formula is C22H28N2O5S. The average Bonchev–Trinajstić information content (AvgIpc) is 2.75. The molecule has 1 aliphatic rings. The van der Waals surface area contributed by atoms with E-state index in [9.17, 15) is 13.2 Å². The van der Waals surface area contributed by atoms with E-state index in [0.29, 0.717) is 44.0 Å². The summed E-state index contributed by atoms with van der Waals surface area (Å²) in [5.74, 6) is 1.00. The van der Waals surface area contributed by atoms with Crippen LogP contribution in [0.5, 0.6) is 11.5 Å². The molecule has 0 aliphatic carbocycles. The van der Waals surface area contributed by atoms with Crippen molar-refractivity contribution in [1.82, 2.24) is 9.62 Å². The fraction of sp³-hybridized carbons (Fsp3) is 0.409. The van der Waals surface area contributed by atoms with Gasteiger partial charge in [0, 0.05) is 19.6 Å². The predicted octanol–water partition coefficient (Wildman–Crippen LogP) is 3.50. The number of amides is 1. The molecule has 0 unspecified atom stereocenters. The van der Waals surface area contributed by atoms with Crippen LogP contribution >= 0.6 is 0 Å². The van der Waals surface area contributed by atoms with Gasteiger partial charge in [0.05, 0.1) is 7.11 Å². The predicted molar refractivity (Wildman–Crippen MR) is 114 cm³/mol. The maximum atomic E-state index is 12.8. The highest BCUT2D eigenvalue weighted by atomic mass is 32.2. The molecule has 2 aromatic rings. The highest BCUT2D eigenvalue weighted by molar-refractivity contribution is 7.89. The number of nitrogens with one attached hydrogen (secondary N) is 1. The minimum Gasteiger partial charge on any atom is -0.495 e. The summed E-state index contributed by atoms with van der Waals surface area (Å²) in [6.07, 6.45) is 1.03. The van der Waals surface area contributed by atoms with Crippen LogP contribution < -0.4 is 14.2 Å². The second-order valence-electron chi connectivity index (χ2n) is 7.55. The molecular weight excluding hydrogens is 404 g/mol. The molecule has 0 aromatic heterocycles. The number of hydrogen-bond acceptors (Lipinski definition) is 5. The van der Waals surface area contributed by atoms with Crippen molar-refractivity contribution in [3.63, 3.8) is 0 Å². The number of aryl methyl sites for hydroxylation is 2. The van der Waals surface area contributed by atoms with Crippen LogP contribution in [-0.4, -0.2) is 46.2 Å². The summed E-state index contributed by atoms with van der Waals surface area (Å²) < 4.78 is 39.0. The van der Waals surface area contributed by atoms with Gasteiger partial charge in [-0.05, 0) is 68.0 Å². The molecule has 0 radical (unpaired) electrons. The average molecular weight is 433 g/mol. The van der Waals surface area contributed by atoms with E-state index in [4.69, 9.17) is 9.47 Å². The van der Waals surface area contributed by atoms with Gasteiger partial charge in [-0.3, -0.25) is 0 Å². The topological polar surface area (TPSA) is 84.9 Å². The van der Waals surface area contributed by atoms with E-state index in [0.717, 1.165) is 11.1 Å². The zero-order chi connectivity index (χ0) is 21.7. The molecule has 1 fully saturated rings. The number of benzene rings is 2. The van der Waals surface area contributed by atoms with E-state index < -0.39 is 10.0 Å². The van der Waals surface area contributed by atoms with Gasteiger partial charge in [0.15, 0.2) is 0 Å². The molecule has 8 heteroatoms. The summed E-state index contributed by atoms with van der Waals surface area (Å²) >= 11 is 0. The number of methoxy groups -OCH3 is 1. The third-order valence-corrected chi connectivity index (χ3v) is 6.90. The lowest BCUT2D eigenvalue weighted by atomic mass is 9.97. The Kier molecular flexibility index (Phi) is 6.99. The minimum absolute atomic E-state index is 0.150. The van der Waals surface area contributed by atoms with Crippen molar-refractivity contribution in [3.05, 3.63) is 53.6 Å². The molecule has 0 bridgehead atoms. The van der Waals surface area contributed by atoms with Crippen LogP contribution in [0.15, 0.2) is 47.4 Å². The highest BCUT2D eigenvalue weighted by Gasteiger charge is 2.27. The van der Waals surface area contributed by atoms with Gasteiger partial charge in [-0.1, -0.05) is 18.2 Å². The molecule has 1 saturated heterocycles.